The minimum Gasteiger partial charge on any atom is -0.493 e. The molecule has 7 nitrogen and oxygen atoms in total. The Labute approximate surface area is 200 Å². The highest BCUT2D eigenvalue weighted by Gasteiger charge is 2.51. The van der Waals surface area contributed by atoms with E-state index in [-0.39, 0.29) is 12.1 Å². The topological polar surface area (TPSA) is 66.7 Å². The van der Waals surface area contributed by atoms with Gasteiger partial charge in [0.05, 0.1) is 41.2 Å². The van der Waals surface area contributed by atoms with Crippen LogP contribution >= 0.6 is 0 Å². The van der Waals surface area contributed by atoms with Crippen LogP contribution in [-0.2, 0) is 26.5 Å². The lowest BCUT2D eigenvalue weighted by Crippen LogP contribution is -2.43. The van der Waals surface area contributed by atoms with Gasteiger partial charge in [0.15, 0.2) is 12.0 Å². The van der Waals surface area contributed by atoms with E-state index in [1.165, 1.54) is 0 Å². The lowest BCUT2D eigenvalue weighted by Gasteiger charge is -2.41. The van der Waals surface area contributed by atoms with Gasteiger partial charge in [-0.3, -0.25) is 4.79 Å². The number of hydrogen-bond donors (Lipinski definition) is 1. The van der Waals surface area contributed by atoms with Gasteiger partial charge in [0.1, 0.15) is 5.76 Å². The second-order valence-corrected chi connectivity index (χ2v) is 9.58. The van der Waals surface area contributed by atoms with Crippen LogP contribution < -0.4 is 5.32 Å². The molecule has 3 aromatic carbocycles. The van der Waals surface area contributed by atoms with Gasteiger partial charge >= 0.3 is 0 Å². The standard InChI is InChI=1S/C28H23N3O4/c1-14-26(33-2)28(34-3)12-20(35-14)30-18-10-6-4-8-15(18)22-23-17(13-29-27(23)32)21-16-9-5-7-11-19(16)31(28)25(21)24(22)30/h4-11,20H,12-13H2,1-3H3,(H,29,32)/t20-,28+/m1/s1. The van der Waals surface area contributed by atoms with Crippen LogP contribution in [0.3, 0.4) is 0 Å². The maximum Gasteiger partial charge on any atom is 0.252 e. The molecule has 0 spiro atoms. The van der Waals surface area contributed by atoms with Crippen LogP contribution in [0.4, 0.5) is 0 Å². The van der Waals surface area contributed by atoms with Crippen molar-refractivity contribution in [3.8, 4) is 0 Å². The van der Waals surface area contributed by atoms with Gasteiger partial charge in [0.25, 0.3) is 5.91 Å². The van der Waals surface area contributed by atoms with Crippen LogP contribution in [0.25, 0.3) is 43.6 Å². The number of aromatic nitrogens is 2. The van der Waals surface area contributed by atoms with Crippen LogP contribution in [0, 0.1) is 0 Å². The fourth-order valence-electron chi connectivity index (χ4n) is 6.96. The summed E-state index contributed by atoms with van der Waals surface area (Å²) in [5.41, 5.74) is 5.04. The minimum absolute atomic E-state index is 0.0249. The predicted molar refractivity (Wildman–Crippen MR) is 133 cm³/mol. The van der Waals surface area contributed by atoms with Gasteiger partial charge in [0, 0.05) is 35.2 Å². The molecule has 0 saturated carbocycles. The molecule has 0 unspecified atom stereocenters. The van der Waals surface area contributed by atoms with Gasteiger partial charge in [-0.1, -0.05) is 36.4 Å². The summed E-state index contributed by atoms with van der Waals surface area (Å²) in [5.74, 6) is 1.33. The fourth-order valence-corrected chi connectivity index (χ4v) is 6.96. The zero-order valence-corrected chi connectivity index (χ0v) is 19.6. The molecule has 35 heavy (non-hydrogen) atoms. The molecule has 0 radical (unpaired) electrons. The normalized spacial score (nSPS) is 22.8. The third-order valence-electron chi connectivity index (χ3n) is 8.15. The van der Waals surface area contributed by atoms with Crippen molar-refractivity contribution in [2.24, 2.45) is 0 Å². The number of hydrogen-bond acceptors (Lipinski definition) is 4. The lowest BCUT2D eigenvalue weighted by atomic mass is 9.97. The number of amides is 1. The summed E-state index contributed by atoms with van der Waals surface area (Å²) in [6, 6.07) is 16.7. The average Bonchev–Trinajstić information content (AvgIpc) is 3.51. The molecule has 2 atom stereocenters. The first kappa shape index (κ1) is 19.3. The molecule has 5 heterocycles. The molecule has 174 valence electrons. The van der Waals surface area contributed by atoms with Gasteiger partial charge in [0.2, 0.25) is 5.72 Å². The second-order valence-electron chi connectivity index (χ2n) is 9.58. The largest absolute Gasteiger partial charge is 0.493 e. The number of carbonyl (C=O) groups excluding carboxylic acids is 1. The van der Waals surface area contributed by atoms with Crippen molar-refractivity contribution in [2.75, 3.05) is 14.2 Å². The number of nitrogens with zero attached hydrogens (tertiary/aromatic N) is 2. The quantitative estimate of drug-likeness (QED) is 0.386. The first-order chi connectivity index (χ1) is 17.1. The molecule has 2 bridgehead atoms. The van der Waals surface area contributed by atoms with Crippen LogP contribution in [0.5, 0.6) is 0 Å². The molecule has 8 rings (SSSR count). The van der Waals surface area contributed by atoms with Gasteiger partial charge < -0.3 is 28.7 Å². The maximum absolute atomic E-state index is 13.3. The summed E-state index contributed by atoms with van der Waals surface area (Å²) >= 11 is 0. The number of ether oxygens (including phenoxy) is 3. The van der Waals surface area contributed by atoms with Crippen molar-refractivity contribution in [3.63, 3.8) is 0 Å². The number of carbonyl (C=O) groups is 1. The van der Waals surface area contributed by atoms with E-state index in [9.17, 15) is 4.79 Å². The summed E-state index contributed by atoms with van der Waals surface area (Å²) in [7, 11) is 3.41. The van der Waals surface area contributed by atoms with E-state index in [1.54, 1.807) is 14.2 Å². The molecule has 3 aliphatic rings. The zero-order chi connectivity index (χ0) is 23.6. The van der Waals surface area contributed by atoms with Crippen molar-refractivity contribution in [3.05, 3.63) is 71.2 Å². The number of allylic oxidation sites excluding steroid dienone is 1. The summed E-state index contributed by atoms with van der Waals surface area (Å²) in [4.78, 5) is 13.3. The highest BCUT2D eigenvalue weighted by Crippen LogP contribution is 2.55. The summed E-state index contributed by atoms with van der Waals surface area (Å²) in [6.45, 7) is 2.44. The Hall–Kier alpha value is -3.97. The van der Waals surface area contributed by atoms with Crippen LogP contribution in [0.1, 0.15) is 35.5 Å². The minimum atomic E-state index is -0.902. The third-order valence-corrected chi connectivity index (χ3v) is 8.15. The van der Waals surface area contributed by atoms with Gasteiger partial charge in [-0.2, -0.15) is 0 Å². The molecule has 3 aliphatic heterocycles. The van der Waals surface area contributed by atoms with Gasteiger partial charge in [-0.15, -0.1) is 0 Å². The first-order valence-corrected chi connectivity index (χ1v) is 11.9. The lowest BCUT2D eigenvalue weighted by molar-refractivity contribution is -0.145. The zero-order valence-electron chi connectivity index (χ0n) is 19.6. The van der Waals surface area contributed by atoms with E-state index in [0.717, 1.165) is 54.7 Å². The molecule has 0 aliphatic carbocycles. The summed E-state index contributed by atoms with van der Waals surface area (Å²) in [6.07, 6.45) is 0.192. The fraction of sp³-hybridized carbons (Fsp3) is 0.250. The molecule has 1 amide bonds. The number of nitrogens with one attached hydrogen (secondary N) is 1. The highest BCUT2D eigenvalue weighted by molar-refractivity contribution is 6.31. The molecule has 1 N–H and O–H groups in total. The number of para-hydroxylation sites is 2. The van der Waals surface area contributed by atoms with E-state index in [2.05, 4.69) is 50.8 Å². The van der Waals surface area contributed by atoms with E-state index in [4.69, 9.17) is 14.2 Å². The Morgan fingerprint density at radius 1 is 1.00 bits per heavy atom. The second kappa shape index (κ2) is 6.17. The Kier molecular flexibility index (Phi) is 3.41. The van der Waals surface area contributed by atoms with Crippen molar-refractivity contribution in [1.29, 1.82) is 0 Å². The Balaban J connectivity index is 1.77. The van der Waals surface area contributed by atoms with Gasteiger partial charge in [-0.25, -0.2) is 0 Å². The molecule has 5 aromatic rings. The van der Waals surface area contributed by atoms with Crippen molar-refractivity contribution >= 4 is 49.5 Å². The molecule has 0 saturated heterocycles. The monoisotopic (exact) mass is 465 g/mol. The van der Waals surface area contributed by atoms with E-state index in [0.29, 0.717) is 24.5 Å². The van der Waals surface area contributed by atoms with E-state index >= 15 is 0 Å². The molecule has 2 aromatic heterocycles. The Morgan fingerprint density at radius 3 is 2.46 bits per heavy atom. The Morgan fingerprint density at radius 2 is 1.71 bits per heavy atom. The smallest absolute Gasteiger partial charge is 0.252 e. The first-order valence-electron chi connectivity index (χ1n) is 11.9. The number of methoxy groups -OCH3 is 2. The molecule has 7 heteroatoms. The SMILES string of the molecule is COC1=C(C)O[C@@H]2C[C@@]1(OC)n1c3ccccc3c3c4c(c5c6ccccc6n2c5c31)C(=O)NC4. The van der Waals surface area contributed by atoms with Crippen molar-refractivity contribution < 1.29 is 19.0 Å². The number of fused-ring (bicyclic) bond motifs is 13. The predicted octanol–water partition coefficient (Wildman–Crippen LogP) is 5.26. The summed E-state index contributed by atoms with van der Waals surface area (Å²) in [5, 5.41) is 7.32. The molecule has 0 fully saturated rings. The molecular weight excluding hydrogens is 442 g/mol. The van der Waals surface area contributed by atoms with Crippen LogP contribution in [-0.4, -0.2) is 29.3 Å². The number of benzene rings is 3. The molecular formula is C28H23N3O4. The van der Waals surface area contributed by atoms with E-state index < -0.39 is 5.72 Å². The van der Waals surface area contributed by atoms with E-state index in [1.807, 2.05) is 19.1 Å². The van der Waals surface area contributed by atoms with Crippen LogP contribution in [0.15, 0.2) is 60.0 Å². The summed E-state index contributed by atoms with van der Waals surface area (Å²) < 4.78 is 23.5. The number of rotatable bonds is 2. The third kappa shape index (κ3) is 1.98. The van der Waals surface area contributed by atoms with Crippen molar-refractivity contribution in [2.45, 2.75) is 31.8 Å². The average molecular weight is 466 g/mol. The van der Waals surface area contributed by atoms with Crippen LogP contribution in [0.2, 0.25) is 0 Å². The van der Waals surface area contributed by atoms with Gasteiger partial charge in [-0.05, 0) is 24.6 Å². The Bertz CT molecular complexity index is 1820. The maximum atomic E-state index is 13.3. The highest BCUT2D eigenvalue weighted by atomic mass is 16.6. The van der Waals surface area contributed by atoms with Crippen molar-refractivity contribution in [1.82, 2.24) is 14.5 Å².